The van der Waals surface area contributed by atoms with E-state index < -0.39 is 5.97 Å². The lowest BCUT2D eigenvalue weighted by atomic mass is 9.75. The maximum Gasteiger partial charge on any atom is 0.269 e. The van der Waals surface area contributed by atoms with Crippen molar-refractivity contribution in [1.29, 1.82) is 0 Å². The minimum atomic E-state index is -1.20. The van der Waals surface area contributed by atoms with Crippen molar-refractivity contribution in [3.63, 3.8) is 0 Å². The zero-order chi connectivity index (χ0) is 20.1. The van der Waals surface area contributed by atoms with Gasteiger partial charge < -0.3 is 15.2 Å². The number of hydrogen-bond donors (Lipinski definition) is 1. The van der Waals surface area contributed by atoms with E-state index in [1.165, 1.54) is 17.2 Å². The van der Waals surface area contributed by atoms with Crippen LogP contribution < -0.4 is 10.4 Å². The summed E-state index contributed by atoms with van der Waals surface area (Å²) < 4.78 is 0. The van der Waals surface area contributed by atoms with Crippen molar-refractivity contribution in [1.82, 2.24) is 0 Å². The Morgan fingerprint density at radius 3 is 2.48 bits per heavy atom. The van der Waals surface area contributed by atoms with Crippen molar-refractivity contribution in [2.45, 2.75) is 18.4 Å². The number of anilines is 1. The normalized spacial score (nSPS) is 21.4. The van der Waals surface area contributed by atoms with E-state index in [2.05, 4.69) is 17.4 Å². The van der Waals surface area contributed by atoms with Gasteiger partial charge in [0, 0.05) is 23.7 Å². The lowest BCUT2D eigenvalue weighted by Crippen LogP contribution is -2.30. The molecule has 0 spiro atoms. The highest BCUT2D eigenvalue weighted by Crippen LogP contribution is 2.54. The van der Waals surface area contributed by atoms with E-state index in [0.29, 0.717) is 0 Å². The van der Waals surface area contributed by atoms with Crippen molar-refractivity contribution in [2.24, 2.45) is 5.92 Å². The van der Waals surface area contributed by atoms with Crippen LogP contribution >= 0.6 is 0 Å². The fraction of sp³-hybridized carbons (Fsp3) is 0.174. The summed E-state index contributed by atoms with van der Waals surface area (Å²) in [5.41, 5.74) is 5.50. The van der Waals surface area contributed by atoms with Crippen LogP contribution in [0.15, 0.2) is 66.7 Å². The third-order valence-corrected chi connectivity index (χ3v) is 6.10. The largest absolute Gasteiger partial charge is 0.545 e. The minimum Gasteiger partial charge on any atom is -0.545 e. The molecule has 3 atom stereocenters. The number of nitrogens with one attached hydrogen (secondary N) is 1. The summed E-state index contributed by atoms with van der Waals surface area (Å²) in [6, 6.07) is 19.9. The Balaban J connectivity index is 1.64. The Hall–Kier alpha value is -3.67. The smallest absolute Gasteiger partial charge is 0.269 e. The Labute approximate surface area is 167 Å². The quantitative estimate of drug-likeness (QED) is 0.550. The average Bonchev–Trinajstić information content (AvgIpc) is 3.12. The number of hydrogen-bond acceptors (Lipinski definition) is 5. The number of carbonyl (C=O) groups excluding carboxylic acids is 1. The van der Waals surface area contributed by atoms with Crippen molar-refractivity contribution in [3.05, 3.63) is 105 Å². The van der Waals surface area contributed by atoms with Gasteiger partial charge in [-0.15, -0.1) is 0 Å². The molecule has 3 aromatic rings. The molecule has 0 saturated heterocycles. The van der Waals surface area contributed by atoms with Crippen LogP contribution in [0.4, 0.5) is 11.4 Å². The molecule has 0 saturated carbocycles. The number of carboxylic acids is 1. The first-order valence-electron chi connectivity index (χ1n) is 9.47. The van der Waals surface area contributed by atoms with Gasteiger partial charge in [0.05, 0.1) is 16.9 Å². The van der Waals surface area contributed by atoms with Crippen LogP contribution in [-0.2, 0) is 6.42 Å². The first kappa shape index (κ1) is 17.4. The first-order chi connectivity index (χ1) is 14.0. The highest BCUT2D eigenvalue weighted by molar-refractivity contribution is 5.85. The molecule has 1 N–H and O–H groups in total. The summed E-state index contributed by atoms with van der Waals surface area (Å²) in [7, 11) is 0. The van der Waals surface area contributed by atoms with Gasteiger partial charge >= 0.3 is 0 Å². The summed E-state index contributed by atoms with van der Waals surface area (Å²) in [6.07, 6.45) is 0.850. The van der Waals surface area contributed by atoms with Gasteiger partial charge in [0.25, 0.3) is 5.69 Å². The maximum atomic E-state index is 11.3. The second kappa shape index (κ2) is 6.44. The standard InChI is InChI=1S/C23H18N2O4/c26-23(27)14-7-5-13(6-8-14)22-19-11-15-3-1-2-4-17(15)21(19)18-12-16(25(28)29)9-10-20(18)24-22/h1-10,12,19,21-22,24H,11H2,(H,26,27)/p-1/t19-,21+,22+/m0/s1. The molecule has 3 aromatic carbocycles. The van der Waals surface area contributed by atoms with Crippen LogP contribution in [-0.4, -0.2) is 10.9 Å². The number of benzene rings is 3. The van der Waals surface area contributed by atoms with Crippen LogP contribution in [0.1, 0.15) is 44.6 Å². The van der Waals surface area contributed by atoms with Gasteiger partial charge in [0.2, 0.25) is 0 Å². The van der Waals surface area contributed by atoms with Gasteiger partial charge in [-0.1, -0.05) is 48.5 Å². The molecule has 0 amide bonds. The number of nitrogens with zero attached hydrogens (tertiary/aromatic N) is 1. The highest BCUT2D eigenvalue weighted by Gasteiger charge is 2.43. The van der Waals surface area contributed by atoms with E-state index in [-0.39, 0.29) is 34.1 Å². The summed E-state index contributed by atoms with van der Waals surface area (Å²) in [4.78, 5) is 22.1. The number of aromatic carboxylic acids is 1. The summed E-state index contributed by atoms with van der Waals surface area (Å²) in [5.74, 6) is -0.971. The molecule has 5 rings (SSSR count). The molecule has 1 heterocycles. The molecule has 0 fully saturated rings. The SMILES string of the molecule is O=C([O-])c1ccc([C@H]2Nc3ccc([N+](=O)[O-])cc3[C@H]3c4ccccc4C[C@@H]32)cc1. The van der Waals surface area contributed by atoms with E-state index in [1.807, 2.05) is 24.3 Å². The molecule has 1 aliphatic heterocycles. The molecule has 144 valence electrons. The number of nitro groups is 1. The second-order valence-corrected chi connectivity index (χ2v) is 7.60. The third kappa shape index (κ3) is 2.76. The number of nitro benzene ring substituents is 1. The van der Waals surface area contributed by atoms with Crippen LogP contribution in [0.3, 0.4) is 0 Å². The Bertz CT molecular complexity index is 1140. The summed E-state index contributed by atoms with van der Waals surface area (Å²) in [6.45, 7) is 0. The van der Waals surface area contributed by atoms with Crippen molar-refractivity contribution >= 4 is 17.3 Å². The Morgan fingerprint density at radius 1 is 1.00 bits per heavy atom. The van der Waals surface area contributed by atoms with Gasteiger partial charge in [-0.3, -0.25) is 10.1 Å². The topological polar surface area (TPSA) is 95.3 Å². The minimum absolute atomic E-state index is 0.0304. The van der Waals surface area contributed by atoms with Crippen molar-refractivity contribution in [2.75, 3.05) is 5.32 Å². The van der Waals surface area contributed by atoms with Crippen LogP contribution in [0.25, 0.3) is 0 Å². The fourth-order valence-electron chi connectivity index (χ4n) is 4.82. The lowest BCUT2D eigenvalue weighted by molar-refractivity contribution is -0.384. The number of fused-ring (bicyclic) bond motifs is 5. The summed E-state index contributed by atoms with van der Waals surface area (Å²) >= 11 is 0. The molecule has 2 aliphatic rings. The zero-order valence-corrected chi connectivity index (χ0v) is 15.4. The van der Waals surface area contributed by atoms with Crippen molar-refractivity contribution in [3.8, 4) is 0 Å². The van der Waals surface area contributed by atoms with E-state index in [4.69, 9.17) is 0 Å². The molecular formula is C23H17N2O4-. The number of carbonyl (C=O) groups is 1. The molecule has 0 unspecified atom stereocenters. The van der Waals surface area contributed by atoms with Gasteiger partial charge in [0.1, 0.15) is 0 Å². The third-order valence-electron chi connectivity index (χ3n) is 6.10. The number of non-ortho nitro benzene ring substituents is 1. The molecule has 0 aromatic heterocycles. The molecule has 6 nitrogen and oxygen atoms in total. The zero-order valence-electron chi connectivity index (χ0n) is 15.4. The van der Waals surface area contributed by atoms with Crippen LogP contribution in [0.2, 0.25) is 0 Å². The highest BCUT2D eigenvalue weighted by atomic mass is 16.6. The molecule has 0 bridgehead atoms. The number of carboxylic acid groups (broad SMARTS) is 1. The van der Waals surface area contributed by atoms with Crippen molar-refractivity contribution < 1.29 is 14.8 Å². The van der Waals surface area contributed by atoms with E-state index in [0.717, 1.165) is 23.2 Å². The van der Waals surface area contributed by atoms with E-state index in [9.17, 15) is 20.0 Å². The predicted molar refractivity (Wildman–Crippen MR) is 106 cm³/mol. The molecular weight excluding hydrogens is 368 g/mol. The molecule has 6 heteroatoms. The fourth-order valence-corrected chi connectivity index (χ4v) is 4.82. The molecule has 0 radical (unpaired) electrons. The predicted octanol–water partition coefficient (Wildman–Crippen LogP) is 3.43. The Kier molecular flexibility index (Phi) is 3.87. The Morgan fingerprint density at radius 2 is 1.76 bits per heavy atom. The first-order valence-corrected chi connectivity index (χ1v) is 9.47. The average molecular weight is 385 g/mol. The van der Waals surface area contributed by atoms with Gasteiger partial charge in [-0.25, -0.2) is 0 Å². The maximum absolute atomic E-state index is 11.3. The monoisotopic (exact) mass is 385 g/mol. The van der Waals surface area contributed by atoms with Gasteiger partial charge in [-0.2, -0.15) is 0 Å². The molecule has 1 aliphatic carbocycles. The van der Waals surface area contributed by atoms with E-state index >= 15 is 0 Å². The summed E-state index contributed by atoms with van der Waals surface area (Å²) in [5, 5.41) is 26.0. The van der Waals surface area contributed by atoms with Gasteiger partial charge in [0.15, 0.2) is 0 Å². The molecule has 29 heavy (non-hydrogen) atoms. The van der Waals surface area contributed by atoms with Crippen LogP contribution in [0, 0.1) is 16.0 Å². The second-order valence-electron chi connectivity index (χ2n) is 7.60. The lowest BCUT2D eigenvalue weighted by Gasteiger charge is -2.38. The number of rotatable bonds is 3. The van der Waals surface area contributed by atoms with E-state index in [1.54, 1.807) is 24.3 Å². The van der Waals surface area contributed by atoms with Gasteiger partial charge in [-0.05, 0) is 46.2 Å². The van der Waals surface area contributed by atoms with Crippen LogP contribution in [0.5, 0.6) is 0 Å².